The zero-order valence-electron chi connectivity index (χ0n) is 12.6. The number of urea groups is 1. The lowest BCUT2D eigenvalue weighted by Crippen LogP contribution is -2.43. The van der Waals surface area contributed by atoms with E-state index in [4.69, 9.17) is 9.84 Å². The number of carbonyl (C=O) groups is 3. The average molecular weight is 300 g/mol. The van der Waals surface area contributed by atoms with Gasteiger partial charge in [0.2, 0.25) is 0 Å². The van der Waals surface area contributed by atoms with Crippen LogP contribution in [0.4, 0.5) is 4.79 Å². The molecule has 0 atom stereocenters. The summed E-state index contributed by atoms with van der Waals surface area (Å²) in [4.78, 5) is 33.7. The number of rotatable bonds is 6. The van der Waals surface area contributed by atoms with Gasteiger partial charge in [0, 0.05) is 6.54 Å². The molecule has 0 bridgehead atoms. The Morgan fingerprint density at radius 1 is 1.19 bits per heavy atom. The van der Waals surface area contributed by atoms with Crippen LogP contribution in [0.25, 0.3) is 0 Å². The Bertz CT molecular complexity index is 376. The van der Waals surface area contributed by atoms with E-state index in [0.29, 0.717) is 38.1 Å². The Balaban J connectivity index is 2.16. The van der Waals surface area contributed by atoms with E-state index < -0.39 is 17.9 Å². The molecule has 1 aliphatic rings. The minimum absolute atomic E-state index is 0.106. The molecule has 0 aromatic rings. The quantitative estimate of drug-likeness (QED) is 0.682. The van der Waals surface area contributed by atoms with Crippen LogP contribution in [-0.4, -0.2) is 42.3 Å². The summed E-state index contributed by atoms with van der Waals surface area (Å²) in [7, 11) is 0. The first kappa shape index (κ1) is 17.4. The highest BCUT2D eigenvalue weighted by Crippen LogP contribution is 2.26. The number of amides is 3. The number of imide groups is 1. The molecule has 0 aliphatic heterocycles. The Kier molecular flexibility index (Phi) is 7.14. The standard InChI is InChI=1S/C14H24N2O5/c1-9(2)7-15-14(20)16-12(17)8-21-11-5-3-10(4-6-11)13(18)19/h9-11H,3-8H2,1-2H3,(H,18,19)(H2,15,16,17,20). The van der Waals surface area contributed by atoms with Crippen molar-refractivity contribution in [3.63, 3.8) is 0 Å². The summed E-state index contributed by atoms with van der Waals surface area (Å²) in [5.74, 6) is -1.25. The predicted octanol–water partition coefficient (Wildman–Crippen LogP) is 1.13. The molecule has 1 saturated carbocycles. The Morgan fingerprint density at radius 3 is 2.33 bits per heavy atom. The highest BCUT2D eigenvalue weighted by atomic mass is 16.5. The van der Waals surface area contributed by atoms with Crippen LogP contribution in [0.1, 0.15) is 39.5 Å². The molecule has 7 heteroatoms. The number of carboxylic acids is 1. The van der Waals surface area contributed by atoms with Crippen molar-refractivity contribution in [2.45, 2.75) is 45.6 Å². The van der Waals surface area contributed by atoms with Crippen molar-refractivity contribution in [2.75, 3.05) is 13.2 Å². The molecule has 21 heavy (non-hydrogen) atoms. The Hall–Kier alpha value is -1.63. The minimum Gasteiger partial charge on any atom is -0.481 e. The van der Waals surface area contributed by atoms with Crippen molar-refractivity contribution in [2.24, 2.45) is 11.8 Å². The molecule has 3 N–H and O–H groups in total. The van der Waals surface area contributed by atoms with E-state index in [2.05, 4.69) is 10.6 Å². The predicted molar refractivity (Wildman–Crippen MR) is 75.7 cm³/mol. The average Bonchev–Trinajstić information content (AvgIpc) is 2.43. The molecule has 0 heterocycles. The summed E-state index contributed by atoms with van der Waals surface area (Å²) in [6.07, 6.45) is 2.28. The van der Waals surface area contributed by atoms with Gasteiger partial charge >= 0.3 is 12.0 Å². The van der Waals surface area contributed by atoms with Gasteiger partial charge in [-0.15, -0.1) is 0 Å². The van der Waals surface area contributed by atoms with Crippen LogP contribution < -0.4 is 10.6 Å². The lowest BCUT2D eigenvalue weighted by atomic mass is 9.87. The molecular weight excluding hydrogens is 276 g/mol. The van der Waals surface area contributed by atoms with Gasteiger partial charge in [0.15, 0.2) is 0 Å². The molecule has 120 valence electrons. The number of carbonyl (C=O) groups excluding carboxylic acids is 2. The van der Waals surface area contributed by atoms with Gasteiger partial charge in [-0.2, -0.15) is 0 Å². The largest absolute Gasteiger partial charge is 0.481 e. The topological polar surface area (TPSA) is 105 Å². The SMILES string of the molecule is CC(C)CNC(=O)NC(=O)COC1CCC(C(=O)O)CC1. The van der Waals surface area contributed by atoms with Gasteiger partial charge in [-0.3, -0.25) is 14.9 Å². The molecule has 0 spiro atoms. The number of nitrogens with one attached hydrogen (secondary N) is 2. The van der Waals surface area contributed by atoms with Crippen LogP contribution in [0.15, 0.2) is 0 Å². The van der Waals surface area contributed by atoms with E-state index in [0.717, 1.165) is 0 Å². The Morgan fingerprint density at radius 2 is 1.81 bits per heavy atom. The summed E-state index contributed by atoms with van der Waals surface area (Å²) in [5, 5.41) is 13.7. The molecule has 0 unspecified atom stereocenters. The molecule has 0 saturated heterocycles. The van der Waals surface area contributed by atoms with Crippen LogP contribution in [-0.2, 0) is 14.3 Å². The van der Waals surface area contributed by atoms with Crippen molar-refractivity contribution < 1.29 is 24.2 Å². The summed E-state index contributed by atoms with van der Waals surface area (Å²) in [6, 6.07) is -0.521. The van der Waals surface area contributed by atoms with E-state index in [9.17, 15) is 14.4 Å². The zero-order valence-corrected chi connectivity index (χ0v) is 12.6. The van der Waals surface area contributed by atoms with Crippen molar-refractivity contribution in [3.8, 4) is 0 Å². The Labute approximate surface area is 124 Å². The molecule has 0 aromatic heterocycles. The smallest absolute Gasteiger partial charge is 0.321 e. The number of hydrogen-bond donors (Lipinski definition) is 3. The third-order valence-electron chi connectivity index (χ3n) is 3.40. The van der Waals surface area contributed by atoms with Gasteiger partial charge in [0.05, 0.1) is 12.0 Å². The summed E-state index contributed by atoms with van der Waals surface area (Å²) in [6.45, 7) is 4.23. The van der Waals surface area contributed by atoms with Gasteiger partial charge in [-0.1, -0.05) is 13.8 Å². The fraction of sp³-hybridized carbons (Fsp3) is 0.786. The van der Waals surface area contributed by atoms with Crippen LogP contribution in [0.5, 0.6) is 0 Å². The molecule has 0 aromatic carbocycles. The molecule has 1 rings (SSSR count). The monoisotopic (exact) mass is 300 g/mol. The third kappa shape index (κ3) is 7.08. The fourth-order valence-corrected chi connectivity index (χ4v) is 2.17. The fourth-order valence-electron chi connectivity index (χ4n) is 2.17. The van der Waals surface area contributed by atoms with Crippen molar-refractivity contribution >= 4 is 17.9 Å². The molecule has 1 aliphatic carbocycles. The maximum absolute atomic E-state index is 11.5. The number of ether oxygens (including phenoxy) is 1. The first-order valence-electron chi connectivity index (χ1n) is 7.30. The van der Waals surface area contributed by atoms with Crippen molar-refractivity contribution in [1.29, 1.82) is 0 Å². The second-order valence-corrected chi connectivity index (χ2v) is 5.77. The summed E-state index contributed by atoms with van der Waals surface area (Å²) < 4.78 is 5.41. The van der Waals surface area contributed by atoms with Crippen molar-refractivity contribution in [3.05, 3.63) is 0 Å². The van der Waals surface area contributed by atoms with E-state index in [-0.39, 0.29) is 18.6 Å². The lowest BCUT2D eigenvalue weighted by molar-refractivity contribution is -0.144. The van der Waals surface area contributed by atoms with Crippen LogP contribution >= 0.6 is 0 Å². The van der Waals surface area contributed by atoms with E-state index in [1.54, 1.807) is 0 Å². The number of hydrogen-bond acceptors (Lipinski definition) is 4. The first-order valence-corrected chi connectivity index (χ1v) is 7.30. The lowest BCUT2D eigenvalue weighted by Gasteiger charge is -2.25. The van der Waals surface area contributed by atoms with Gasteiger partial charge in [0.1, 0.15) is 6.61 Å². The highest BCUT2D eigenvalue weighted by molar-refractivity contribution is 5.94. The summed E-state index contributed by atoms with van der Waals surface area (Å²) >= 11 is 0. The van der Waals surface area contributed by atoms with E-state index in [1.165, 1.54) is 0 Å². The van der Waals surface area contributed by atoms with Crippen LogP contribution in [0.2, 0.25) is 0 Å². The minimum atomic E-state index is -0.770. The normalized spacial score (nSPS) is 21.9. The maximum atomic E-state index is 11.5. The third-order valence-corrected chi connectivity index (χ3v) is 3.40. The highest BCUT2D eigenvalue weighted by Gasteiger charge is 2.26. The van der Waals surface area contributed by atoms with Crippen molar-refractivity contribution in [1.82, 2.24) is 10.6 Å². The zero-order chi connectivity index (χ0) is 15.8. The number of carboxylic acid groups (broad SMARTS) is 1. The van der Waals surface area contributed by atoms with E-state index in [1.807, 2.05) is 13.8 Å². The molecule has 0 radical (unpaired) electrons. The molecule has 1 fully saturated rings. The molecular formula is C14H24N2O5. The van der Waals surface area contributed by atoms with Gasteiger partial charge < -0.3 is 15.2 Å². The van der Waals surface area contributed by atoms with Gasteiger partial charge in [0.25, 0.3) is 5.91 Å². The van der Waals surface area contributed by atoms with Gasteiger partial charge in [-0.05, 0) is 31.6 Å². The van der Waals surface area contributed by atoms with Crippen LogP contribution in [0.3, 0.4) is 0 Å². The molecule has 3 amide bonds. The first-order chi connectivity index (χ1) is 9.88. The van der Waals surface area contributed by atoms with Gasteiger partial charge in [-0.25, -0.2) is 4.79 Å². The summed E-state index contributed by atoms with van der Waals surface area (Å²) in [5.41, 5.74) is 0. The second kappa shape index (κ2) is 8.61. The number of aliphatic carboxylic acids is 1. The van der Waals surface area contributed by atoms with E-state index >= 15 is 0 Å². The maximum Gasteiger partial charge on any atom is 0.321 e. The molecule has 7 nitrogen and oxygen atoms in total. The van der Waals surface area contributed by atoms with Crippen LogP contribution in [0, 0.1) is 11.8 Å². The second-order valence-electron chi connectivity index (χ2n) is 5.77.